The Hall–Kier alpha value is -1.39. The molecule has 1 saturated heterocycles. The Kier molecular flexibility index (Phi) is 4.56. The Morgan fingerprint density at radius 2 is 2.00 bits per heavy atom. The van der Waals surface area contributed by atoms with Gasteiger partial charge >= 0.3 is 0 Å². The summed E-state index contributed by atoms with van der Waals surface area (Å²) in [7, 11) is 0. The van der Waals surface area contributed by atoms with E-state index in [4.69, 9.17) is 5.11 Å². The molecule has 104 valence electrons. The highest BCUT2D eigenvalue weighted by atomic mass is 16.3. The van der Waals surface area contributed by atoms with E-state index in [2.05, 4.69) is 18.7 Å². The van der Waals surface area contributed by atoms with Gasteiger partial charge in [0.15, 0.2) is 0 Å². The first-order valence-corrected chi connectivity index (χ1v) is 6.80. The van der Waals surface area contributed by atoms with Gasteiger partial charge in [-0.05, 0) is 25.0 Å². The van der Waals surface area contributed by atoms with E-state index >= 15 is 0 Å². The van der Waals surface area contributed by atoms with Gasteiger partial charge in [-0.2, -0.15) is 0 Å². The van der Waals surface area contributed by atoms with Crippen LogP contribution in [-0.2, 0) is 11.4 Å². The predicted octanol–water partition coefficient (Wildman–Crippen LogP) is 1.40. The summed E-state index contributed by atoms with van der Waals surface area (Å²) >= 11 is 0. The zero-order valence-corrected chi connectivity index (χ0v) is 11.6. The van der Waals surface area contributed by atoms with Crippen LogP contribution in [0.4, 0.5) is 0 Å². The van der Waals surface area contributed by atoms with Crippen LogP contribution >= 0.6 is 0 Å². The molecule has 4 heteroatoms. The molecule has 1 aromatic carbocycles. The van der Waals surface area contributed by atoms with Crippen molar-refractivity contribution in [2.45, 2.75) is 32.5 Å². The number of aliphatic hydroxyl groups is 1. The lowest BCUT2D eigenvalue weighted by Gasteiger charge is -2.41. The van der Waals surface area contributed by atoms with Crippen molar-refractivity contribution in [3.63, 3.8) is 0 Å². The monoisotopic (exact) mass is 262 g/mol. The molecule has 1 heterocycles. The SMILES string of the molecule is CC(C)N1CCN(C=O)C(c2ccc(CO)cc2)C1. The van der Waals surface area contributed by atoms with E-state index in [1.807, 2.05) is 29.2 Å². The molecule has 0 aromatic heterocycles. The van der Waals surface area contributed by atoms with Crippen molar-refractivity contribution >= 4 is 6.41 Å². The fourth-order valence-electron chi connectivity index (χ4n) is 2.56. The molecule has 0 aliphatic carbocycles. The van der Waals surface area contributed by atoms with Gasteiger partial charge in [0.2, 0.25) is 6.41 Å². The van der Waals surface area contributed by atoms with Gasteiger partial charge in [-0.25, -0.2) is 0 Å². The maximum Gasteiger partial charge on any atom is 0.210 e. The summed E-state index contributed by atoms with van der Waals surface area (Å²) in [6.45, 7) is 7.00. The molecule has 1 amide bonds. The predicted molar refractivity (Wildman–Crippen MR) is 74.6 cm³/mol. The highest BCUT2D eigenvalue weighted by Gasteiger charge is 2.28. The van der Waals surface area contributed by atoms with E-state index in [9.17, 15) is 4.79 Å². The lowest BCUT2D eigenvalue weighted by Crippen LogP contribution is -2.50. The summed E-state index contributed by atoms with van der Waals surface area (Å²) in [5.74, 6) is 0. The average molecular weight is 262 g/mol. The molecule has 1 atom stereocenters. The number of aliphatic hydroxyl groups excluding tert-OH is 1. The van der Waals surface area contributed by atoms with Crippen LogP contribution in [-0.4, -0.2) is 47.0 Å². The first kappa shape index (κ1) is 14.0. The van der Waals surface area contributed by atoms with Crippen molar-refractivity contribution in [1.29, 1.82) is 0 Å². The molecule has 1 unspecified atom stereocenters. The second kappa shape index (κ2) is 6.17. The van der Waals surface area contributed by atoms with E-state index in [0.29, 0.717) is 6.04 Å². The number of piperazine rings is 1. The molecule has 0 saturated carbocycles. The van der Waals surface area contributed by atoms with E-state index in [0.717, 1.165) is 37.2 Å². The van der Waals surface area contributed by atoms with Crippen molar-refractivity contribution < 1.29 is 9.90 Å². The average Bonchev–Trinajstić information content (AvgIpc) is 2.46. The minimum absolute atomic E-state index is 0.0560. The summed E-state index contributed by atoms with van der Waals surface area (Å²) in [6, 6.07) is 8.47. The number of nitrogens with zero attached hydrogens (tertiary/aromatic N) is 2. The summed E-state index contributed by atoms with van der Waals surface area (Å²) in [6.07, 6.45) is 0.947. The number of carbonyl (C=O) groups is 1. The zero-order valence-electron chi connectivity index (χ0n) is 11.6. The highest BCUT2D eigenvalue weighted by Crippen LogP contribution is 2.25. The van der Waals surface area contributed by atoms with Crippen LogP contribution in [0.2, 0.25) is 0 Å². The van der Waals surface area contributed by atoms with Gasteiger partial charge in [-0.3, -0.25) is 9.69 Å². The molecule has 1 aliphatic heterocycles. The quantitative estimate of drug-likeness (QED) is 0.834. The molecule has 1 N–H and O–H groups in total. The smallest absolute Gasteiger partial charge is 0.210 e. The summed E-state index contributed by atoms with van der Waals surface area (Å²) < 4.78 is 0. The number of amides is 1. The first-order valence-electron chi connectivity index (χ1n) is 6.80. The van der Waals surface area contributed by atoms with Crippen LogP contribution < -0.4 is 0 Å². The lowest BCUT2D eigenvalue weighted by atomic mass is 10.0. The Bertz CT molecular complexity index is 417. The molecule has 1 aliphatic rings. The minimum Gasteiger partial charge on any atom is -0.392 e. The summed E-state index contributed by atoms with van der Waals surface area (Å²) in [5, 5.41) is 9.08. The van der Waals surface area contributed by atoms with Crippen LogP contribution in [0.25, 0.3) is 0 Å². The Balaban J connectivity index is 2.19. The zero-order chi connectivity index (χ0) is 13.8. The Morgan fingerprint density at radius 1 is 1.32 bits per heavy atom. The van der Waals surface area contributed by atoms with Gasteiger partial charge in [-0.1, -0.05) is 24.3 Å². The van der Waals surface area contributed by atoms with Crippen molar-refractivity contribution in [2.24, 2.45) is 0 Å². The minimum atomic E-state index is 0.0560. The van der Waals surface area contributed by atoms with Gasteiger partial charge in [0.05, 0.1) is 12.6 Å². The maximum absolute atomic E-state index is 11.2. The molecule has 0 bridgehead atoms. The third-order valence-electron chi connectivity index (χ3n) is 3.87. The first-order chi connectivity index (χ1) is 9.15. The van der Waals surface area contributed by atoms with Crippen LogP contribution in [0.1, 0.15) is 31.0 Å². The van der Waals surface area contributed by atoms with Crippen molar-refractivity contribution in [3.05, 3.63) is 35.4 Å². The van der Waals surface area contributed by atoms with Crippen LogP contribution in [0.15, 0.2) is 24.3 Å². The van der Waals surface area contributed by atoms with Gasteiger partial charge in [-0.15, -0.1) is 0 Å². The third-order valence-corrected chi connectivity index (χ3v) is 3.87. The van der Waals surface area contributed by atoms with Crippen molar-refractivity contribution in [2.75, 3.05) is 19.6 Å². The molecule has 19 heavy (non-hydrogen) atoms. The number of hydrogen-bond acceptors (Lipinski definition) is 3. The Morgan fingerprint density at radius 3 is 2.53 bits per heavy atom. The maximum atomic E-state index is 11.2. The molecule has 4 nitrogen and oxygen atoms in total. The third kappa shape index (κ3) is 3.14. The number of benzene rings is 1. The molecular formula is C15H22N2O2. The number of hydrogen-bond donors (Lipinski definition) is 1. The normalized spacial score (nSPS) is 20.8. The second-order valence-electron chi connectivity index (χ2n) is 5.35. The van der Waals surface area contributed by atoms with Crippen LogP contribution in [0.5, 0.6) is 0 Å². The molecule has 2 rings (SSSR count). The Labute approximate surface area is 114 Å². The molecule has 1 aromatic rings. The molecule has 0 spiro atoms. The van der Waals surface area contributed by atoms with Crippen molar-refractivity contribution in [3.8, 4) is 0 Å². The van der Waals surface area contributed by atoms with Gasteiger partial charge in [0.25, 0.3) is 0 Å². The fourth-order valence-corrected chi connectivity index (χ4v) is 2.56. The van der Waals surface area contributed by atoms with Gasteiger partial charge in [0, 0.05) is 25.7 Å². The summed E-state index contributed by atoms with van der Waals surface area (Å²) in [4.78, 5) is 15.5. The van der Waals surface area contributed by atoms with Crippen LogP contribution in [0.3, 0.4) is 0 Å². The number of carbonyl (C=O) groups excluding carboxylic acids is 1. The van der Waals surface area contributed by atoms with Gasteiger partial charge in [0.1, 0.15) is 0 Å². The molecular weight excluding hydrogens is 240 g/mol. The van der Waals surface area contributed by atoms with E-state index < -0.39 is 0 Å². The van der Waals surface area contributed by atoms with E-state index in [-0.39, 0.29) is 12.6 Å². The summed E-state index contributed by atoms with van der Waals surface area (Å²) in [5.41, 5.74) is 2.03. The van der Waals surface area contributed by atoms with Crippen molar-refractivity contribution in [1.82, 2.24) is 9.80 Å². The molecule has 0 radical (unpaired) electrons. The van der Waals surface area contributed by atoms with Gasteiger partial charge < -0.3 is 10.0 Å². The lowest BCUT2D eigenvalue weighted by molar-refractivity contribution is -0.123. The topological polar surface area (TPSA) is 43.8 Å². The molecule has 1 fully saturated rings. The number of rotatable bonds is 4. The largest absolute Gasteiger partial charge is 0.392 e. The van der Waals surface area contributed by atoms with Crippen LogP contribution in [0, 0.1) is 0 Å². The second-order valence-corrected chi connectivity index (χ2v) is 5.35. The standard InChI is InChI=1S/C15H22N2O2/c1-12(2)16-7-8-17(11-19)15(9-16)14-5-3-13(10-18)4-6-14/h3-6,11-12,15,18H,7-10H2,1-2H3. The van der Waals surface area contributed by atoms with E-state index in [1.165, 1.54) is 0 Å². The van der Waals surface area contributed by atoms with E-state index in [1.54, 1.807) is 0 Å². The fraction of sp³-hybridized carbons (Fsp3) is 0.533. The highest BCUT2D eigenvalue weighted by molar-refractivity contribution is 5.49.